The van der Waals surface area contributed by atoms with E-state index in [-0.39, 0.29) is 30.0 Å². The Morgan fingerprint density at radius 1 is 1.16 bits per heavy atom. The molecule has 3 rings (SSSR count). The fourth-order valence-electron chi connectivity index (χ4n) is 4.03. The third-order valence-corrected chi connectivity index (χ3v) is 5.93. The molecule has 3 heterocycles. The molecule has 1 unspecified atom stereocenters. The van der Waals surface area contributed by atoms with Crippen LogP contribution in [0.3, 0.4) is 0 Å². The molecule has 0 spiro atoms. The first-order valence-electron chi connectivity index (χ1n) is 11.2. The molecular weight excluding hydrogens is 517 g/mol. The van der Waals surface area contributed by atoms with Gasteiger partial charge in [0.05, 0.1) is 5.69 Å². The van der Waals surface area contributed by atoms with Gasteiger partial charge in [-0.05, 0) is 51.8 Å². The Morgan fingerprint density at radius 2 is 1.84 bits per heavy atom. The molecule has 0 radical (unpaired) electrons. The number of hydrogen-bond acceptors (Lipinski definition) is 6. The van der Waals surface area contributed by atoms with Crippen LogP contribution in [0.5, 0.6) is 0 Å². The Hall–Kier alpha value is -1.95. The summed E-state index contributed by atoms with van der Waals surface area (Å²) >= 11 is 0. The van der Waals surface area contributed by atoms with Gasteiger partial charge in [-0.25, -0.2) is 9.97 Å². The molecule has 178 valence electrons. The number of guanidine groups is 1. The summed E-state index contributed by atoms with van der Waals surface area (Å²) in [5, 5.41) is 11.5. The molecule has 1 saturated heterocycles. The summed E-state index contributed by atoms with van der Waals surface area (Å²) < 4.78 is 1.96. The van der Waals surface area contributed by atoms with Crippen LogP contribution in [-0.2, 0) is 13.5 Å². The summed E-state index contributed by atoms with van der Waals surface area (Å²) in [6, 6.07) is 2.14. The van der Waals surface area contributed by atoms with Crippen molar-refractivity contribution in [3.05, 3.63) is 35.4 Å². The number of halogens is 1. The lowest BCUT2D eigenvalue weighted by atomic mass is 10.1. The van der Waals surface area contributed by atoms with E-state index in [9.17, 15) is 0 Å². The van der Waals surface area contributed by atoms with Crippen molar-refractivity contribution in [2.24, 2.45) is 12.0 Å². The number of nitrogens with zero attached hydrogens (tertiary/aromatic N) is 7. The molecule has 2 N–H and O–H groups in total. The molecule has 1 aliphatic heterocycles. The highest BCUT2D eigenvalue weighted by atomic mass is 127. The van der Waals surface area contributed by atoms with Gasteiger partial charge in [-0.3, -0.25) is 14.6 Å². The minimum atomic E-state index is 0. The van der Waals surface area contributed by atoms with Crippen LogP contribution in [0.1, 0.15) is 30.3 Å². The van der Waals surface area contributed by atoms with Crippen molar-refractivity contribution in [3.8, 4) is 0 Å². The summed E-state index contributed by atoms with van der Waals surface area (Å²) in [6.07, 6.45) is 5.63. The Labute approximate surface area is 209 Å². The van der Waals surface area contributed by atoms with Gasteiger partial charge in [0.25, 0.3) is 0 Å². The van der Waals surface area contributed by atoms with Gasteiger partial charge < -0.3 is 15.5 Å². The molecule has 0 amide bonds. The second-order valence-corrected chi connectivity index (χ2v) is 8.25. The van der Waals surface area contributed by atoms with Crippen LogP contribution < -0.4 is 15.5 Å². The Kier molecular flexibility index (Phi) is 10.6. The first-order chi connectivity index (χ1) is 15.0. The normalized spacial score (nSPS) is 15.9. The van der Waals surface area contributed by atoms with E-state index in [0.717, 1.165) is 69.7 Å². The van der Waals surface area contributed by atoms with Crippen LogP contribution >= 0.6 is 24.0 Å². The second kappa shape index (κ2) is 12.9. The molecular formula is C22H38IN9. The van der Waals surface area contributed by atoms with Gasteiger partial charge in [0.2, 0.25) is 5.95 Å². The monoisotopic (exact) mass is 555 g/mol. The lowest BCUT2D eigenvalue weighted by Gasteiger charge is -2.34. The highest BCUT2D eigenvalue weighted by Gasteiger charge is 2.18. The van der Waals surface area contributed by atoms with Gasteiger partial charge >= 0.3 is 0 Å². The number of rotatable bonds is 8. The Morgan fingerprint density at radius 3 is 2.44 bits per heavy atom. The van der Waals surface area contributed by atoms with Crippen molar-refractivity contribution in [1.82, 2.24) is 35.3 Å². The van der Waals surface area contributed by atoms with Gasteiger partial charge in [0.15, 0.2) is 5.96 Å². The Balaban J connectivity index is 0.00000363. The predicted molar refractivity (Wildman–Crippen MR) is 141 cm³/mol. The minimum absolute atomic E-state index is 0. The molecule has 10 heteroatoms. The lowest BCUT2D eigenvalue weighted by Crippen LogP contribution is -2.48. The third-order valence-electron chi connectivity index (χ3n) is 5.93. The minimum Gasteiger partial charge on any atom is -0.356 e. The zero-order chi connectivity index (χ0) is 22.2. The van der Waals surface area contributed by atoms with E-state index in [4.69, 9.17) is 0 Å². The van der Waals surface area contributed by atoms with Gasteiger partial charge in [-0.15, -0.1) is 24.0 Å². The number of hydrogen-bond donors (Lipinski definition) is 2. The molecule has 2 aromatic rings. The number of nitrogens with one attached hydrogen (secondary N) is 2. The third kappa shape index (κ3) is 7.29. The van der Waals surface area contributed by atoms with E-state index in [2.05, 4.69) is 61.3 Å². The lowest BCUT2D eigenvalue weighted by molar-refractivity contribution is 0.254. The fraction of sp³-hybridized carbons (Fsp3) is 0.636. The van der Waals surface area contributed by atoms with Crippen LogP contribution in [0.4, 0.5) is 5.95 Å². The van der Waals surface area contributed by atoms with Crippen LogP contribution in [-0.4, -0.2) is 83.0 Å². The van der Waals surface area contributed by atoms with Crippen molar-refractivity contribution in [3.63, 3.8) is 0 Å². The highest BCUT2D eigenvalue weighted by Crippen LogP contribution is 2.14. The van der Waals surface area contributed by atoms with E-state index in [1.54, 1.807) is 12.4 Å². The van der Waals surface area contributed by atoms with Gasteiger partial charge in [-0.2, -0.15) is 5.10 Å². The summed E-state index contributed by atoms with van der Waals surface area (Å²) in [7, 11) is 3.83. The highest BCUT2D eigenvalue weighted by molar-refractivity contribution is 14.0. The van der Waals surface area contributed by atoms with Crippen LogP contribution in [0.15, 0.2) is 23.5 Å². The zero-order valence-corrected chi connectivity index (χ0v) is 22.3. The Bertz CT molecular complexity index is 845. The van der Waals surface area contributed by atoms with E-state index in [1.807, 2.05) is 24.8 Å². The molecule has 9 nitrogen and oxygen atoms in total. The smallest absolute Gasteiger partial charge is 0.225 e. The van der Waals surface area contributed by atoms with Crippen molar-refractivity contribution < 1.29 is 0 Å². The van der Waals surface area contributed by atoms with Crippen LogP contribution in [0.2, 0.25) is 0 Å². The van der Waals surface area contributed by atoms with Crippen molar-refractivity contribution in [1.29, 1.82) is 0 Å². The van der Waals surface area contributed by atoms with Gasteiger partial charge in [0, 0.05) is 70.9 Å². The summed E-state index contributed by atoms with van der Waals surface area (Å²) in [4.78, 5) is 17.9. The maximum Gasteiger partial charge on any atom is 0.225 e. The fourth-order valence-corrected chi connectivity index (χ4v) is 4.03. The quantitative estimate of drug-likeness (QED) is 0.222. The molecule has 0 saturated carbocycles. The SMILES string of the molecule is CN=C(NCCCN1CCN(c2ncccn2)CC1)NC(C)Cc1c(C)nn(C)c1C.I. The molecule has 0 aliphatic carbocycles. The summed E-state index contributed by atoms with van der Waals surface area (Å²) in [6.45, 7) is 12.4. The molecule has 0 bridgehead atoms. The maximum absolute atomic E-state index is 4.52. The van der Waals surface area contributed by atoms with E-state index >= 15 is 0 Å². The van der Waals surface area contributed by atoms with Crippen LogP contribution in [0, 0.1) is 13.8 Å². The summed E-state index contributed by atoms with van der Waals surface area (Å²) in [5.41, 5.74) is 3.65. The maximum atomic E-state index is 4.52. The number of aromatic nitrogens is 4. The topological polar surface area (TPSA) is 86.5 Å². The number of anilines is 1. The standard InChI is InChI=1S/C22H37N9.HI/c1-17(16-20-18(2)28-29(5)19(20)3)27-21(23-4)24-10-7-11-30-12-14-31(15-13-30)22-25-8-6-9-26-22;/h6,8-9,17H,7,10-16H2,1-5H3,(H2,23,24,27);1H. The average molecular weight is 556 g/mol. The molecule has 0 aromatic carbocycles. The number of aryl methyl sites for hydroxylation is 2. The first kappa shape index (κ1) is 26.3. The van der Waals surface area contributed by atoms with E-state index in [0.29, 0.717) is 0 Å². The number of aliphatic imine (C=N–C) groups is 1. The van der Waals surface area contributed by atoms with Crippen molar-refractivity contribution >= 4 is 35.9 Å². The van der Waals surface area contributed by atoms with E-state index in [1.165, 1.54) is 11.3 Å². The first-order valence-corrected chi connectivity index (χ1v) is 11.2. The van der Waals surface area contributed by atoms with Crippen LogP contribution in [0.25, 0.3) is 0 Å². The largest absolute Gasteiger partial charge is 0.356 e. The molecule has 2 aromatic heterocycles. The van der Waals surface area contributed by atoms with Crippen molar-refractivity contribution in [2.75, 3.05) is 51.2 Å². The predicted octanol–water partition coefficient (Wildman–Crippen LogP) is 1.75. The van der Waals surface area contributed by atoms with E-state index < -0.39 is 0 Å². The molecule has 1 aliphatic rings. The number of piperazine rings is 1. The van der Waals surface area contributed by atoms with Crippen molar-refractivity contribution in [2.45, 2.75) is 39.7 Å². The second-order valence-electron chi connectivity index (χ2n) is 8.25. The van der Waals surface area contributed by atoms with Gasteiger partial charge in [0.1, 0.15) is 0 Å². The van der Waals surface area contributed by atoms with Gasteiger partial charge in [-0.1, -0.05) is 0 Å². The molecule has 1 atom stereocenters. The molecule has 1 fully saturated rings. The molecule has 32 heavy (non-hydrogen) atoms. The average Bonchev–Trinajstić information content (AvgIpc) is 3.02. The zero-order valence-electron chi connectivity index (χ0n) is 20.0. The summed E-state index contributed by atoms with van der Waals surface area (Å²) in [5.74, 6) is 1.70.